The molecule has 30 heavy (non-hydrogen) atoms. The van der Waals surface area contributed by atoms with Crippen molar-refractivity contribution in [2.24, 2.45) is 7.05 Å². The van der Waals surface area contributed by atoms with Gasteiger partial charge in [-0.3, -0.25) is 4.79 Å². The number of likely N-dealkylation sites (tertiary alicyclic amines) is 1. The second kappa shape index (κ2) is 8.52. The van der Waals surface area contributed by atoms with Crippen LogP contribution in [0.25, 0.3) is 5.69 Å². The highest BCUT2D eigenvalue weighted by Crippen LogP contribution is 2.26. The van der Waals surface area contributed by atoms with E-state index in [4.69, 9.17) is 4.74 Å². The second-order valence-corrected chi connectivity index (χ2v) is 7.36. The van der Waals surface area contributed by atoms with Crippen LogP contribution in [0, 0.1) is 5.82 Å². The van der Waals surface area contributed by atoms with Crippen LogP contribution in [0.4, 0.5) is 4.39 Å². The smallest absolute Gasteiger partial charge is 0.350 e. The van der Waals surface area contributed by atoms with Gasteiger partial charge in [-0.05, 0) is 49.2 Å². The van der Waals surface area contributed by atoms with E-state index in [9.17, 15) is 14.0 Å². The number of para-hydroxylation sites is 1. The minimum atomic E-state index is -0.354. The van der Waals surface area contributed by atoms with Crippen molar-refractivity contribution in [2.45, 2.75) is 18.8 Å². The van der Waals surface area contributed by atoms with Gasteiger partial charge in [-0.1, -0.05) is 18.2 Å². The van der Waals surface area contributed by atoms with E-state index < -0.39 is 0 Å². The predicted octanol–water partition coefficient (Wildman–Crippen LogP) is 2.50. The number of amides is 1. The molecule has 156 valence electrons. The third-order valence-electron chi connectivity index (χ3n) is 5.28. The lowest BCUT2D eigenvalue weighted by atomic mass is 9.97. The highest BCUT2D eigenvalue weighted by atomic mass is 19.1. The number of rotatable bonds is 5. The first-order valence-electron chi connectivity index (χ1n) is 9.90. The summed E-state index contributed by atoms with van der Waals surface area (Å²) in [5, 5.41) is 4.47. The molecule has 1 saturated heterocycles. The van der Waals surface area contributed by atoms with Gasteiger partial charge >= 0.3 is 5.69 Å². The Labute approximate surface area is 173 Å². The molecule has 0 radical (unpaired) electrons. The van der Waals surface area contributed by atoms with E-state index in [-0.39, 0.29) is 29.9 Å². The summed E-state index contributed by atoms with van der Waals surface area (Å²) in [6.45, 7) is 0.978. The van der Waals surface area contributed by atoms with E-state index >= 15 is 0 Å². The number of ether oxygens (including phenoxy) is 1. The summed E-state index contributed by atoms with van der Waals surface area (Å²) in [5.41, 5.74) is 0.549. The number of halogens is 1. The van der Waals surface area contributed by atoms with Gasteiger partial charge in [-0.25, -0.2) is 18.4 Å². The van der Waals surface area contributed by atoms with E-state index in [0.29, 0.717) is 24.7 Å². The molecular weight excluding hydrogens is 387 g/mol. The first kappa shape index (κ1) is 19.9. The maximum Gasteiger partial charge on any atom is 0.350 e. The maximum atomic E-state index is 13.0. The van der Waals surface area contributed by atoms with Crippen molar-refractivity contribution < 1.29 is 13.9 Å². The number of benzene rings is 2. The van der Waals surface area contributed by atoms with E-state index in [0.717, 1.165) is 18.5 Å². The molecule has 1 amide bonds. The Morgan fingerprint density at radius 2 is 1.90 bits per heavy atom. The summed E-state index contributed by atoms with van der Waals surface area (Å²) in [7, 11) is 1.63. The highest BCUT2D eigenvalue weighted by Gasteiger charge is 2.29. The molecule has 7 nitrogen and oxygen atoms in total. The Hall–Kier alpha value is -3.42. The van der Waals surface area contributed by atoms with Gasteiger partial charge in [0, 0.05) is 26.1 Å². The van der Waals surface area contributed by atoms with Gasteiger partial charge in [0.25, 0.3) is 5.91 Å². The highest BCUT2D eigenvalue weighted by molar-refractivity contribution is 5.78. The summed E-state index contributed by atoms with van der Waals surface area (Å²) in [4.78, 5) is 27.1. The van der Waals surface area contributed by atoms with Crippen LogP contribution in [0.15, 0.2) is 59.4 Å². The monoisotopic (exact) mass is 410 g/mol. The molecule has 3 aromatic rings. The predicted molar refractivity (Wildman–Crippen MR) is 109 cm³/mol. The zero-order valence-corrected chi connectivity index (χ0v) is 16.7. The number of piperidine rings is 1. The van der Waals surface area contributed by atoms with E-state index in [1.807, 2.05) is 30.3 Å². The Morgan fingerprint density at radius 1 is 1.17 bits per heavy atom. The lowest BCUT2D eigenvalue weighted by Gasteiger charge is -2.32. The van der Waals surface area contributed by atoms with Crippen LogP contribution in [-0.4, -0.2) is 44.9 Å². The zero-order valence-electron chi connectivity index (χ0n) is 16.7. The van der Waals surface area contributed by atoms with Gasteiger partial charge in [-0.15, -0.1) is 0 Å². The van der Waals surface area contributed by atoms with E-state index in [1.165, 1.54) is 28.9 Å². The molecule has 0 aliphatic carbocycles. The lowest BCUT2D eigenvalue weighted by molar-refractivity contribution is -0.134. The molecule has 2 heterocycles. The fraction of sp³-hybridized carbons (Fsp3) is 0.318. The molecule has 1 atom stereocenters. The normalized spacial score (nSPS) is 16.5. The summed E-state index contributed by atoms with van der Waals surface area (Å²) in [6.07, 6.45) is 1.65. The molecule has 0 N–H and O–H groups in total. The van der Waals surface area contributed by atoms with Crippen molar-refractivity contribution in [3.8, 4) is 11.4 Å². The van der Waals surface area contributed by atoms with E-state index in [2.05, 4.69) is 5.10 Å². The van der Waals surface area contributed by atoms with Crippen LogP contribution >= 0.6 is 0 Å². The molecule has 1 unspecified atom stereocenters. The third-order valence-corrected chi connectivity index (χ3v) is 5.28. The average molecular weight is 410 g/mol. The SMILES string of the molecule is Cn1nc(C2CCCN(C(=O)COc3ccc(F)cc3)C2)n(-c2ccccc2)c1=O. The molecule has 2 aromatic carbocycles. The van der Waals surface area contributed by atoms with Gasteiger partial charge in [0.05, 0.1) is 5.69 Å². The third kappa shape index (κ3) is 4.12. The molecule has 8 heteroatoms. The Balaban J connectivity index is 1.49. The molecule has 0 bridgehead atoms. The quantitative estimate of drug-likeness (QED) is 0.648. The van der Waals surface area contributed by atoms with Crippen molar-refractivity contribution >= 4 is 5.91 Å². The van der Waals surface area contributed by atoms with Crippen molar-refractivity contribution in [3.05, 3.63) is 76.7 Å². The summed E-state index contributed by atoms with van der Waals surface area (Å²) < 4.78 is 21.5. The van der Waals surface area contributed by atoms with Crippen molar-refractivity contribution in [3.63, 3.8) is 0 Å². The molecule has 1 fully saturated rings. The topological polar surface area (TPSA) is 69.4 Å². The van der Waals surface area contributed by atoms with Crippen LogP contribution in [0.5, 0.6) is 5.75 Å². The Morgan fingerprint density at radius 3 is 2.63 bits per heavy atom. The Kier molecular flexibility index (Phi) is 5.65. The summed E-state index contributed by atoms with van der Waals surface area (Å²) in [5.74, 6) is 0.551. The number of aryl methyl sites for hydroxylation is 1. The van der Waals surface area contributed by atoms with Crippen LogP contribution in [0.2, 0.25) is 0 Å². The number of aromatic nitrogens is 3. The van der Waals surface area contributed by atoms with Gasteiger partial charge in [0.1, 0.15) is 17.4 Å². The zero-order chi connectivity index (χ0) is 21.1. The fourth-order valence-corrected chi connectivity index (χ4v) is 3.75. The van der Waals surface area contributed by atoms with Crippen LogP contribution in [0.3, 0.4) is 0 Å². The molecule has 1 aromatic heterocycles. The second-order valence-electron chi connectivity index (χ2n) is 7.36. The number of carbonyl (C=O) groups is 1. The number of hydrogen-bond acceptors (Lipinski definition) is 4. The van der Waals surface area contributed by atoms with Crippen molar-refractivity contribution in [1.29, 1.82) is 0 Å². The largest absolute Gasteiger partial charge is 0.484 e. The van der Waals surface area contributed by atoms with Crippen molar-refractivity contribution in [1.82, 2.24) is 19.2 Å². The first-order valence-corrected chi connectivity index (χ1v) is 9.90. The molecular formula is C22H23FN4O3. The molecule has 0 saturated carbocycles. The minimum absolute atomic E-state index is 0.0531. The molecule has 1 aliphatic heterocycles. The van der Waals surface area contributed by atoms with Gasteiger partial charge in [-0.2, -0.15) is 5.10 Å². The van der Waals surface area contributed by atoms with E-state index in [1.54, 1.807) is 16.5 Å². The standard InChI is InChI=1S/C22H23FN4O3/c1-25-22(29)27(18-7-3-2-4-8-18)21(24-25)16-6-5-13-26(14-16)20(28)15-30-19-11-9-17(23)10-12-19/h2-4,7-12,16H,5-6,13-15H2,1H3. The molecule has 1 aliphatic rings. The van der Waals surface area contributed by atoms with Crippen LogP contribution in [0.1, 0.15) is 24.6 Å². The number of hydrogen-bond donors (Lipinski definition) is 0. The van der Waals surface area contributed by atoms with Gasteiger partial charge in [0.15, 0.2) is 6.61 Å². The number of nitrogens with zero attached hydrogens (tertiary/aromatic N) is 4. The van der Waals surface area contributed by atoms with Crippen molar-refractivity contribution in [2.75, 3.05) is 19.7 Å². The van der Waals surface area contributed by atoms with Crippen LogP contribution in [-0.2, 0) is 11.8 Å². The summed E-state index contributed by atoms with van der Waals surface area (Å²) >= 11 is 0. The minimum Gasteiger partial charge on any atom is -0.484 e. The lowest BCUT2D eigenvalue weighted by Crippen LogP contribution is -2.42. The van der Waals surface area contributed by atoms with Crippen LogP contribution < -0.4 is 10.4 Å². The number of carbonyl (C=O) groups excluding carboxylic acids is 1. The maximum absolute atomic E-state index is 13.0. The van der Waals surface area contributed by atoms with Gasteiger partial charge in [0.2, 0.25) is 0 Å². The molecule has 0 spiro atoms. The summed E-state index contributed by atoms with van der Waals surface area (Å²) in [6, 6.07) is 15.0. The molecule has 4 rings (SSSR count). The first-order chi connectivity index (χ1) is 14.5. The Bertz CT molecular complexity index is 1080. The average Bonchev–Trinajstić information content (AvgIpc) is 3.08. The fourth-order valence-electron chi connectivity index (χ4n) is 3.75. The van der Waals surface area contributed by atoms with Gasteiger partial charge < -0.3 is 9.64 Å².